The molecule has 5 heterocycles. The molecule has 7 rings (SSSR count). The zero-order valence-electron chi connectivity index (χ0n) is 22.9. The summed E-state index contributed by atoms with van der Waals surface area (Å²) in [6.45, 7) is 8.90. The molecular formula is C30H31FN4O5S. The van der Waals surface area contributed by atoms with Crippen LogP contribution in [0.15, 0.2) is 42.5 Å². The number of piperazine rings is 1. The number of anilines is 1. The van der Waals surface area contributed by atoms with Gasteiger partial charge in [-0.3, -0.25) is 4.90 Å². The summed E-state index contributed by atoms with van der Waals surface area (Å²) >= 11 is 1.22. The molecule has 0 amide bonds. The number of para-hydroxylation sites is 1. The first-order valence-electron chi connectivity index (χ1n) is 13.9. The van der Waals surface area contributed by atoms with Crippen molar-refractivity contribution in [3.63, 3.8) is 0 Å². The lowest BCUT2D eigenvalue weighted by Crippen LogP contribution is -2.46. The summed E-state index contributed by atoms with van der Waals surface area (Å²) in [7, 11) is 0. The number of rotatable bonds is 7. The summed E-state index contributed by atoms with van der Waals surface area (Å²) in [4.78, 5) is 22.1. The molecule has 2 aromatic heterocycles. The number of aromatic nitrogens is 2. The fraction of sp³-hybridized carbons (Fsp3) is 0.400. The van der Waals surface area contributed by atoms with Gasteiger partial charge in [-0.1, -0.05) is 12.1 Å². The highest BCUT2D eigenvalue weighted by Crippen LogP contribution is 2.49. The van der Waals surface area contributed by atoms with E-state index >= 15 is 0 Å². The van der Waals surface area contributed by atoms with Gasteiger partial charge in [0.15, 0.2) is 11.5 Å². The number of carboxylic acid groups (broad SMARTS) is 1. The highest BCUT2D eigenvalue weighted by molar-refractivity contribution is 7.20. The van der Waals surface area contributed by atoms with Crippen LogP contribution in [0.4, 0.5) is 10.1 Å². The van der Waals surface area contributed by atoms with Gasteiger partial charge < -0.3 is 28.8 Å². The van der Waals surface area contributed by atoms with E-state index in [0.717, 1.165) is 66.6 Å². The van der Waals surface area contributed by atoms with Crippen molar-refractivity contribution >= 4 is 33.3 Å². The minimum atomic E-state index is -1.24. The van der Waals surface area contributed by atoms with Crippen LogP contribution >= 0.6 is 11.3 Å². The summed E-state index contributed by atoms with van der Waals surface area (Å²) in [5.41, 5.74) is 3.01. The summed E-state index contributed by atoms with van der Waals surface area (Å²) < 4.78 is 35.2. The van der Waals surface area contributed by atoms with Crippen molar-refractivity contribution in [1.29, 1.82) is 0 Å². The van der Waals surface area contributed by atoms with E-state index in [9.17, 15) is 14.3 Å². The molecule has 0 spiro atoms. The van der Waals surface area contributed by atoms with E-state index < -0.39 is 11.8 Å². The topological polar surface area (TPSA) is 89.3 Å². The van der Waals surface area contributed by atoms with Crippen LogP contribution < -0.4 is 14.4 Å². The van der Waals surface area contributed by atoms with Crippen LogP contribution in [0.5, 0.6) is 11.5 Å². The molecule has 3 aliphatic heterocycles. The van der Waals surface area contributed by atoms with Gasteiger partial charge in [0.25, 0.3) is 5.79 Å². The number of hydrogen-bond donors (Lipinski definition) is 1. The third-order valence-corrected chi connectivity index (χ3v) is 9.17. The highest BCUT2D eigenvalue weighted by atomic mass is 32.1. The highest BCUT2D eigenvalue weighted by Gasteiger charge is 2.42. The number of halogens is 1. The molecule has 0 aliphatic carbocycles. The Kier molecular flexibility index (Phi) is 6.40. The maximum absolute atomic E-state index is 14.9. The van der Waals surface area contributed by atoms with Crippen LogP contribution in [-0.4, -0.2) is 64.4 Å². The number of hydrogen-bond acceptors (Lipinski definition) is 8. The average molecular weight is 579 g/mol. The van der Waals surface area contributed by atoms with Gasteiger partial charge in [-0.15, -0.1) is 11.3 Å². The lowest BCUT2D eigenvalue weighted by Gasteiger charge is -2.36. The number of thiophene rings is 1. The Balaban J connectivity index is 1.07. The molecule has 2 atom stereocenters. The second kappa shape index (κ2) is 10.0. The van der Waals surface area contributed by atoms with E-state index in [1.165, 1.54) is 17.4 Å². The first kappa shape index (κ1) is 26.2. The van der Waals surface area contributed by atoms with Crippen molar-refractivity contribution in [2.45, 2.75) is 45.2 Å². The third kappa shape index (κ3) is 4.71. The zero-order valence-corrected chi connectivity index (χ0v) is 23.7. The first-order chi connectivity index (χ1) is 19.8. The molecular weight excluding hydrogens is 547 g/mol. The molecule has 2 saturated heterocycles. The van der Waals surface area contributed by atoms with Crippen LogP contribution in [0.1, 0.15) is 40.0 Å². The van der Waals surface area contributed by atoms with Gasteiger partial charge in [-0.2, -0.15) is 0 Å². The Hall–Kier alpha value is -3.67. The first-order valence-corrected chi connectivity index (χ1v) is 14.7. The van der Waals surface area contributed by atoms with Crippen molar-refractivity contribution in [3.05, 3.63) is 70.1 Å². The lowest BCUT2D eigenvalue weighted by molar-refractivity contribution is -0.0705. The molecule has 0 radical (unpaired) electrons. The van der Waals surface area contributed by atoms with Gasteiger partial charge in [0.05, 0.1) is 36.0 Å². The molecule has 9 nitrogen and oxygen atoms in total. The van der Waals surface area contributed by atoms with Crippen molar-refractivity contribution in [2.24, 2.45) is 0 Å². The number of fused-ring (bicyclic) bond motifs is 2. The van der Waals surface area contributed by atoms with Gasteiger partial charge in [-0.25, -0.2) is 14.2 Å². The van der Waals surface area contributed by atoms with Crippen LogP contribution in [0.25, 0.3) is 10.3 Å². The van der Waals surface area contributed by atoms with Gasteiger partial charge >= 0.3 is 5.97 Å². The van der Waals surface area contributed by atoms with E-state index in [2.05, 4.69) is 14.4 Å². The standard InChI is InChI=1S/C30H31FN4O5S/c1-18-6-7-20(21(31)14-18)30(2)39-24-5-3-4-22(27(24)40-30)34-11-9-33(10-12-34)17-26-32-28-23(15-25(41-28)29(36)37)35(26)16-19-8-13-38-19/h3-7,14-15,19H,8-13,16-17H2,1-2H3,(H,36,37)/t19-,30-/m0/s1. The minimum Gasteiger partial charge on any atom is -0.477 e. The normalized spacial score (nSPS) is 22.3. The number of nitrogens with zero attached hydrogens (tertiary/aromatic N) is 4. The average Bonchev–Trinajstić information content (AvgIpc) is 3.57. The minimum absolute atomic E-state index is 0.137. The molecule has 0 bridgehead atoms. The van der Waals surface area contributed by atoms with Crippen molar-refractivity contribution < 1.29 is 28.5 Å². The third-order valence-electron chi connectivity index (χ3n) is 8.17. The maximum Gasteiger partial charge on any atom is 0.346 e. The van der Waals surface area contributed by atoms with Gasteiger partial charge in [0.1, 0.15) is 21.3 Å². The SMILES string of the molecule is Cc1ccc([C@@]2(C)Oc3cccc(N4CCN(Cc5nc6sc(C(=O)O)cc6n5C[C@@H]5CCO5)CC4)c3O2)c(F)c1. The fourth-order valence-corrected chi connectivity index (χ4v) is 6.72. The summed E-state index contributed by atoms with van der Waals surface area (Å²) in [6.07, 6.45) is 1.13. The predicted molar refractivity (Wildman–Crippen MR) is 153 cm³/mol. The van der Waals surface area contributed by atoms with Crippen LogP contribution in [0.3, 0.4) is 0 Å². The number of aromatic carboxylic acids is 1. The molecule has 11 heteroatoms. The number of ether oxygens (including phenoxy) is 3. The largest absolute Gasteiger partial charge is 0.477 e. The zero-order chi connectivity index (χ0) is 28.3. The Morgan fingerprint density at radius 1 is 1.17 bits per heavy atom. The van der Waals surface area contributed by atoms with E-state index in [1.807, 2.05) is 31.2 Å². The monoisotopic (exact) mass is 578 g/mol. The van der Waals surface area contributed by atoms with Crippen molar-refractivity contribution in [2.75, 3.05) is 37.7 Å². The van der Waals surface area contributed by atoms with E-state index in [-0.39, 0.29) is 11.9 Å². The maximum atomic E-state index is 14.9. The lowest BCUT2D eigenvalue weighted by atomic mass is 10.0. The van der Waals surface area contributed by atoms with Crippen molar-refractivity contribution in [1.82, 2.24) is 14.5 Å². The summed E-state index contributed by atoms with van der Waals surface area (Å²) in [5, 5.41) is 9.45. The summed E-state index contributed by atoms with van der Waals surface area (Å²) in [5.74, 6) is -0.352. The summed E-state index contributed by atoms with van der Waals surface area (Å²) in [6, 6.07) is 12.6. The quantitative estimate of drug-likeness (QED) is 0.328. The predicted octanol–water partition coefficient (Wildman–Crippen LogP) is 5.00. The van der Waals surface area contributed by atoms with Crippen molar-refractivity contribution in [3.8, 4) is 11.5 Å². The van der Waals surface area contributed by atoms with Gasteiger partial charge in [0.2, 0.25) is 0 Å². The molecule has 2 aromatic carbocycles. The molecule has 0 unspecified atom stereocenters. The molecule has 2 fully saturated rings. The smallest absolute Gasteiger partial charge is 0.346 e. The number of benzene rings is 2. The molecule has 0 saturated carbocycles. The molecule has 214 valence electrons. The molecule has 41 heavy (non-hydrogen) atoms. The number of aryl methyl sites for hydroxylation is 1. The Morgan fingerprint density at radius 3 is 2.68 bits per heavy atom. The van der Waals surface area contributed by atoms with Gasteiger partial charge in [-0.05, 0) is 49.2 Å². The number of imidazole rings is 1. The van der Waals surface area contributed by atoms with Gasteiger partial charge in [0, 0.05) is 39.7 Å². The van der Waals surface area contributed by atoms with E-state index in [1.54, 1.807) is 19.1 Å². The molecule has 4 aromatic rings. The van der Waals surface area contributed by atoms with Crippen LogP contribution in [0, 0.1) is 12.7 Å². The Bertz CT molecular complexity index is 1640. The van der Waals surface area contributed by atoms with E-state index in [0.29, 0.717) is 35.0 Å². The second-order valence-electron chi connectivity index (χ2n) is 11.0. The fourth-order valence-electron chi connectivity index (χ4n) is 5.83. The van der Waals surface area contributed by atoms with E-state index in [4.69, 9.17) is 19.2 Å². The Labute approximate surface area is 240 Å². The number of carboxylic acids is 1. The second-order valence-corrected chi connectivity index (χ2v) is 12.1. The number of carbonyl (C=O) groups is 1. The van der Waals surface area contributed by atoms with Crippen LogP contribution in [0.2, 0.25) is 0 Å². The molecule has 1 N–H and O–H groups in total. The Morgan fingerprint density at radius 2 is 1.98 bits per heavy atom. The molecule has 3 aliphatic rings. The van der Waals surface area contributed by atoms with Crippen LogP contribution in [-0.2, 0) is 23.6 Å².